The molecule has 2 N–H and O–H groups in total. The van der Waals surface area contributed by atoms with Crippen LogP contribution in [0, 0.1) is 5.92 Å². The summed E-state index contributed by atoms with van der Waals surface area (Å²) in [6, 6.07) is 6.17. The van der Waals surface area contributed by atoms with Crippen molar-refractivity contribution in [2.75, 3.05) is 5.32 Å². The van der Waals surface area contributed by atoms with Crippen molar-refractivity contribution in [2.45, 2.75) is 32.0 Å². The molecule has 0 radical (unpaired) electrons. The van der Waals surface area contributed by atoms with Crippen LogP contribution in [0.2, 0.25) is 0 Å². The summed E-state index contributed by atoms with van der Waals surface area (Å²) in [5, 5.41) is 13.1. The first-order valence-corrected chi connectivity index (χ1v) is 7.37. The molecule has 3 rings (SSSR count). The first kappa shape index (κ1) is 15.6. The van der Waals surface area contributed by atoms with E-state index in [-0.39, 0.29) is 17.2 Å². The number of nitrogens with zero attached hydrogens (tertiary/aromatic N) is 1. The Balaban J connectivity index is 1.91. The van der Waals surface area contributed by atoms with Crippen molar-refractivity contribution in [3.8, 4) is 5.75 Å². The molecule has 2 aromatic rings. The number of hydrogen-bond acceptors (Lipinski definition) is 4. The number of amides is 1. The van der Waals surface area contributed by atoms with Crippen LogP contribution in [0.15, 0.2) is 30.5 Å². The van der Waals surface area contributed by atoms with Gasteiger partial charge in [0.05, 0.1) is 17.7 Å². The minimum atomic E-state index is -2.95. The van der Waals surface area contributed by atoms with Crippen molar-refractivity contribution in [2.24, 2.45) is 5.92 Å². The average molecular weight is 322 g/mol. The number of hydrogen-bond donors (Lipinski definition) is 2. The third-order valence-corrected chi connectivity index (χ3v) is 4.02. The number of rotatable bonds is 4. The Labute approximate surface area is 131 Å². The van der Waals surface area contributed by atoms with E-state index in [1.54, 1.807) is 12.1 Å². The number of benzene rings is 1. The summed E-state index contributed by atoms with van der Waals surface area (Å²) in [6.07, 6.45) is 2.88. The molecule has 7 heteroatoms. The molecule has 1 amide bonds. The average Bonchev–Trinajstić information content (AvgIpc) is 2.95. The topological polar surface area (TPSA) is 71.5 Å². The Hall–Kier alpha value is -2.28. The first-order chi connectivity index (χ1) is 11.1. The number of carbonyl (C=O) groups excluding carboxylic acids is 1. The zero-order valence-electron chi connectivity index (χ0n) is 12.2. The van der Waals surface area contributed by atoms with Gasteiger partial charge in [0.1, 0.15) is 5.52 Å². The number of aliphatic hydroxyl groups excluding tert-OH is 1. The lowest BCUT2D eigenvalue weighted by Gasteiger charge is -2.16. The molecular formula is C16H16F2N2O3. The van der Waals surface area contributed by atoms with Crippen LogP contribution in [-0.4, -0.2) is 28.7 Å². The molecule has 122 valence electrons. The van der Waals surface area contributed by atoms with Gasteiger partial charge in [0, 0.05) is 11.6 Å². The standard InChI is InChI=1S/C16H16F2N2O3/c17-16(18)23-13-7-6-11(9-4-2-8-19-14(9)13)20-15(22)10-3-1-5-12(10)21/h2,4,6-8,10,12,16,21H,1,3,5H2,(H,20,22). The maximum atomic E-state index is 12.5. The number of aliphatic hydroxyl groups is 1. The molecule has 1 aromatic heterocycles. The van der Waals surface area contributed by atoms with Crippen molar-refractivity contribution < 1.29 is 23.4 Å². The van der Waals surface area contributed by atoms with E-state index in [4.69, 9.17) is 0 Å². The summed E-state index contributed by atoms with van der Waals surface area (Å²) in [7, 11) is 0. The second-order valence-electron chi connectivity index (χ2n) is 5.48. The minimum absolute atomic E-state index is 0.0468. The Morgan fingerprint density at radius 1 is 1.35 bits per heavy atom. The van der Waals surface area contributed by atoms with Crippen molar-refractivity contribution >= 4 is 22.5 Å². The Morgan fingerprint density at radius 3 is 2.87 bits per heavy atom. The van der Waals surface area contributed by atoms with E-state index < -0.39 is 18.6 Å². The first-order valence-electron chi connectivity index (χ1n) is 7.37. The van der Waals surface area contributed by atoms with Crippen molar-refractivity contribution in [3.05, 3.63) is 30.5 Å². The normalized spacial score (nSPS) is 20.9. The lowest BCUT2D eigenvalue weighted by Crippen LogP contribution is -2.28. The summed E-state index contributed by atoms with van der Waals surface area (Å²) in [6.45, 7) is -2.95. The van der Waals surface area contributed by atoms with Crippen LogP contribution in [0.4, 0.5) is 14.5 Å². The monoisotopic (exact) mass is 322 g/mol. The van der Waals surface area contributed by atoms with Gasteiger partial charge in [0.15, 0.2) is 5.75 Å². The van der Waals surface area contributed by atoms with Gasteiger partial charge in [-0.15, -0.1) is 0 Å². The number of carbonyl (C=O) groups is 1. The van der Waals surface area contributed by atoms with Gasteiger partial charge in [-0.3, -0.25) is 9.78 Å². The molecule has 0 aliphatic heterocycles. The quantitative estimate of drug-likeness (QED) is 0.908. The fraction of sp³-hybridized carbons (Fsp3) is 0.375. The smallest absolute Gasteiger partial charge is 0.387 e. The predicted octanol–water partition coefficient (Wildman–Crippen LogP) is 2.94. The molecule has 2 unspecified atom stereocenters. The van der Waals surface area contributed by atoms with Gasteiger partial charge in [0.2, 0.25) is 5.91 Å². The maximum absolute atomic E-state index is 12.5. The van der Waals surface area contributed by atoms with E-state index >= 15 is 0 Å². The fourth-order valence-corrected chi connectivity index (χ4v) is 2.92. The highest BCUT2D eigenvalue weighted by molar-refractivity contribution is 6.03. The fourth-order valence-electron chi connectivity index (χ4n) is 2.92. The molecule has 1 saturated carbocycles. The summed E-state index contributed by atoms with van der Waals surface area (Å²) in [4.78, 5) is 16.3. The Bertz CT molecular complexity index is 724. The molecule has 5 nitrogen and oxygen atoms in total. The summed E-state index contributed by atoms with van der Waals surface area (Å²) >= 11 is 0. The number of pyridine rings is 1. The number of anilines is 1. The van der Waals surface area contributed by atoms with E-state index in [9.17, 15) is 18.7 Å². The van der Waals surface area contributed by atoms with Gasteiger partial charge >= 0.3 is 6.61 Å². The van der Waals surface area contributed by atoms with E-state index in [0.29, 0.717) is 23.9 Å². The number of fused-ring (bicyclic) bond motifs is 1. The highest BCUT2D eigenvalue weighted by Gasteiger charge is 2.31. The van der Waals surface area contributed by atoms with E-state index in [1.165, 1.54) is 18.3 Å². The number of aromatic nitrogens is 1. The second-order valence-corrected chi connectivity index (χ2v) is 5.48. The number of nitrogens with one attached hydrogen (secondary N) is 1. The van der Waals surface area contributed by atoms with Gasteiger partial charge in [-0.25, -0.2) is 0 Å². The largest absolute Gasteiger partial charge is 0.432 e. The van der Waals surface area contributed by atoms with E-state index in [1.807, 2.05) is 0 Å². The van der Waals surface area contributed by atoms with E-state index in [2.05, 4.69) is 15.0 Å². The zero-order chi connectivity index (χ0) is 16.4. The van der Waals surface area contributed by atoms with Crippen LogP contribution in [0.3, 0.4) is 0 Å². The molecule has 1 aromatic carbocycles. The minimum Gasteiger partial charge on any atom is -0.432 e. The van der Waals surface area contributed by atoms with Gasteiger partial charge in [-0.05, 0) is 43.5 Å². The third kappa shape index (κ3) is 3.24. The van der Waals surface area contributed by atoms with Crippen LogP contribution >= 0.6 is 0 Å². The van der Waals surface area contributed by atoms with E-state index in [0.717, 1.165) is 6.42 Å². The number of alkyl halides is 2. The highest BCUT2D eigenvalue weighted by atomic mass is 19.3. The third-order valence-electron chi connectivity index (χ3n) is 4.02. The highest BCUT2D eigenvalue weighted by Crippen LogP contribution is 2.32. The van der Waals surface area contributed by atoms with Crippen LogP contribution in [0.5, 0.6) is 5.75 Å². The van der Waals surface area contributed by atoms with Crippen molar-refractivity contribution in [1.29, 1.82) is 0 Å². The molecule has 23 heavy (non-hydrogen) atoms. The lowest BCUT2D eigenvalue weighted by molar-refractivity contribution is -0.122. The molecule has 0 saturated heterocycles. The van der Waals surface area contributed by atoms with Crippen LogP contribution < -0.4 is 10.1 Å². The zero-order valence-corrected chi connectivity index (χ0v) is 12.2. The van der Waals surface area contributed by atoms with Gasteiger partial charge in [-0.1, -0.05) is 0 Å². The predicted molar refractivity (Wildman–Crippen MR) is 80.4 cm³/mol. The lowest BCUT2D eigenvalue weighted by atomic mass is 10.0. The SMILES string of the molecule is O=C(Nc1ccc(OC(F)F)c2ncccc12)C1CCCC1O. The molecule has 1 aliphatic carbocycles. The van der Waals surface area contributed by atoms with Gasteiger partial charge in [0.25, 0.3) is 0 Å². The number of halogens is 2. The van der Waals surface area contributed by atoms with Crippen molar-refractivity contribution in [1.82, 2.24) is 4.98 Å². The number of ether oxygens (including phenoxy) is 1. The van der Waals surface area contributed by atoms with Crippen LogP contribution in [0.1, 0.15) is 19.3 Å². The molecule has 1 aliphatic rings. The molecule has 0 bridgehead atoms. The Kier molecular flexibility index (Phi) is 4.38. The van der Waals surface area contributed by atoms with Crippen LogP contribution in [0.25, 0.3) is 10.9 Å². The molecular weight excluding hydrogens is 306 g/mol. The Morgan fingerprint density at radius 2 is 2.17 bits per heavy atom. The summed E-state index contributed by atoms with van der Waals surface area (Å²) in [5.74, 6) is -0.768. The second kappa shape index (κ2) is 6.45. The maximum Gasteiger partial charge on any atom is 0.387 e. The van der Waals surface area contributed by atoms with Gasteiger partial charge < -0.3 is 15.2 Å². The van der Waals surface area contributed by atoms with Crippen LogP contribution in [-0.2, 0) is 4.79 Å². The molecule has 0 spiro atoms. The van der Waals surface area contributed by atoms with Gasteiger partial charge in [-0.2, -0.15) is 8.78 Å². The van der Waals surface area contributed by atoms with Crippen molar-refractivity contribution in [3.63, 3.8) is 0 Å². The summed E-state index contributed by atoms with van der Waals surface area (Å²) < 4.78 is 29.4. The summed E-state index contributed by atoms with van der Waals surface area (Å²) in [5.41, 5.74) is 0.705. The molecule has 2 atom stereocenters. The molecule has 1 fully saturated rings. The molecule has 1 heterocycles.